The average molecular weight is 534 g/mol. The van der Waals surface area contributed by atoms with Gasteiger partial charge in [0.2, 0.25) is 5.91 Å². The van der Waals surface area contributed by atoms with Gasteiger partial charge in [0, 0.05) is 59.5 Å². The molecule has 11 nitrogen and oxygen atoms in total. The zero-order valence-electron chi connectivity index (χ0n) is 20.7. The van der Waals surface area contributed by atoms with E-state index < -0.39 is 16.4 Å². The van der Waals surface area contributed by atoms with E-state index in [0.717, 1.165) is 35.9 Å². The van der Waals surface area contributed by atoms with Crippen LogP contribution in [0.25, 0.3) is 28.0 Å². The van der Waals surface area contributed by atoms with E-state index in [-0.39, 0.29) is 34.6 Å². The van der Waals surface area contributed by atoms with Gasteiger partial charge in [-0.1, -0.05) is 6.07 Å². The highest BCUT2D eigenvalue weighted by Gasteiger charge is 2.45. The number of nitrogen functional groups attached to an aromatic ring is 1. The predicted molar refractivity (Wildman–Crippen MR) is 140 cm³/mol. The van der Waals surface area contributed by atoms with Crippen LogP contribution in [0.5, 0.6) is 0 Å². The molecule has 0 spiro atoms. The number of aromatic nitrogens is 5. The molecule has 12 heteroatoms. The number of carbonyl (C=O) groups is 1. The van der Waals surface area contributed by atoms with Crippen LogP contribution in [0.2, 0.25) is 0 Å². The first-order valence-corrected chi connectivity index (χ1v) is 14.3. The summed E-state index contributed by atoms with van der Waals surface area (Å²) >= 11 is 0. The van der Waals surface area contributed by atoms with Crippen molar-refractivity contribution in [2.75, 3.05) is 18.6 Å². The molecule has 0 aliphatic carbocycles. The molecule has 6 heterocycles. The Morgan fingerprint density at radius 1 is 1.08 bits per heavy atom. The number of nitrogens with two attached hydrogens (primary N) is 1. The van der Waals surface area contributed by atoms with Crippen LogP contribution in [0.4, 0.5) is 5.82 Å². The number of pyridine rings is 2. The predicted octanol–water partition coefficient (Wildman–Crippen LogP) is 2.07. The summed E-state index contributed by atoms with van der Waals surface area (Å²) < 4.78 is 27.2. The molecule has 0 saturated carbocycles. The SMILES string of the molecule is CS(=O)(=O)c1c(C2CC3CC[C@@H](C2)N3C(=O)CO)nc2c(-c3ccc(-c4ccncc4)nc3)cnn2c1N. The number of fused-ring (bicyclic) bond motifs is 3. The molecule has 38 heavy (non-hydrogen) atoms. The second-order valence-corrected chi connectivity index (χ2v) is 11.9. The minimum atomic E-state index is -3.73. The first kappa shape index (κ1) is 24.4. The maximum atomic E-state index is 12.9. The number of piperidine rings is 1. The van der Waals surface area contributed by atoms with Crippen molar-refractivity contribution in [3.63, 3.8) is 0 Å². The minimum absolute atomic E-state index is 0.0151. The Balaban J connectivity index is 1.44. The topological polar surface area (TPSA) is 157 Å². The number of hydrogen-bond acceptors (Lipinski definition) is 9. The van der Waals surface area contributed by atoms with Crippen molar-refractivity contribution in [2.24, 2.45) is 0 Å². The highest BCUT2D eigenvalue weighted by molar-refractivity contribution is 7.91. The Hall–Kier alpha value is -3.90. The molecule has 4 aromatic heterocycles. The monoisotopic (exact) mass is 533 g/mol. The number of amides is 1. The molecule has 2 aliphatic heterocycles. The van der Waals surface area contributed by atoms with E-state index in [9.17, 15) is 18.3 Å². The summed E-state index contributed by atoms with van der Waals surface area (Å²) in [5, 5.41) is 13.8. The van der Waals surface area contributed by atoms with Crippen LogP contribution in [-0.2, 0) is 14.6 Å². The van der Waals surface area contributed by atoms with Gasteiger partial charge in [0.15, 0.2) is 15.5 Å². The van der Waals surface area contributed by atoms with Crippen molar-refractivity contribution >= 4 is 27.2 Å². The summed E-state index contributed by atoms with van der Waals surface area (Å²) in [6.07, 6.45) is 10.6. The first-order chi connectivity index (χ1) is 18.3. The first-order valence-electron chi connectivity index (χ1n) is 12.4. The maximum Gasteiger partial charge on any atom is 0.248 e. The fourth-order valence-electron chi connectivity index (χ4n) is 6.01. The summed E-state index contributed by atoms with van der Waals surface area (Å²) in [6.45, 7) is -0.531. The van der Waals surface area contributed by atoms with Crippen LogP contribution < -0.4 is 5.73 Å². The lowest BCUT2D eigenvalue weighted by molar-refractivity contribution is -0.138. The largest absolute Gasteiger partial charge is 0.387 e. The number of hydrogen-bond donors (Lipinski definition) is 2. The van der Waals surface area contributed by atoms with Crippen molar-refractivity contribution < 1.29 is 18.3 Å². The summed E-state index contributed by atoms with van der Waals surface area (Å²) in [6, 6.07) is 7.44. The van der Waals surface area contributed by atoms with E-state index in [2.05, 4.69) is 15.1 Å². The van der Waals surface area contributed by atoms with Gasteiger partial charge in [-0.25, -0.2) is 13.4 Å². The van der Waals surface area contributed by atoms with E-state index in [1.807, 2.05) is 24.3 Å². The molecule has 196 valence electrons. The Kier molecular flexibility index (Phi) is 5.88. The Bertz CT molecular complexity index is 1620. The van der Waals surface area contributed by atoms with Gasteiger partial charge in [-0.3, -0.25) is 14.8 Å². The van der Waals surface area contributed by atoms with Crippen molar-refractivity contribution in [3.05, 3.63) is 54.7 Å². The third-order valence-electron chi connectivity index (χ3n) is 7.63. The van der Waals surface area contributed by atoms with Gasteiger partial charge in [-0.2, -0.15) is 9.61 Å². The van der Waals surface area contributed by atoms with E-state index >= 15 is 0 Å². The van der Waals surface area contributed by atoms with E-state index in [1.54, 1.807) is 29.7 Å². The standard InChI is InChI=1S/C26H27N7O4S/c1-38(36,37)24-23(17-10-18-3-4-19(11-17)32(18)22(35)14-34)31-26-20(13-30-33(26)25(24)27)16-2-5-21(29-12-16)15-6-8-28-9-7-15/h2,5-9,12-13,17-19,34H,3-4,10-11,14,27H2,1H3/t17?,18-,19?/m0/s1. The Labute approximate surface area is 219 Å². The van der Waals surface area contributed by atoms with Crippen LogP contribution in [0.15, 0.2) is 53.9 Å². The van der Waals surface area contributed by atoms with Gasteiger partial charge in [0.25, 0.3) is 0 Å². The quantitative estimate of drug-likeness (QED) is 0.392. The second kappa shape index (κ2) is 9.14. The molecule has 0 aromatic carbocycles. The molecule has 2 fully saturated rings. The van der Waals surface area contributed by atoms with Crippen molar-refractivity contribution in [1.82, 2.24) is 29.5 Å². The number of anilines is 1. The van der Waals surface area contributed by atoms with Gasteiger partial charge < -0.3 is 15.7 Å². The molecule has 2 unspecified atom stereocenters. The summed E-state index contributed by atoms with van der Waals surface area (Å²) in [5.74, 6) is -0.480. The minimum Gasteiger partial charge on any atom is -0.387 e. The van der Waals surface area contributed by atoms with Crippen molar-refractivity contribution in [3.8, 4) is 22.4 Å². The van der Waals surface area contributed by atoms with E-state index in [4.69, 9.17) is 10.7 Å². The second-order valence-electron chi connectivity index (χ2n) is 9.96. The van der Waals surface area contributed by atoms with Crippen LogP contribution in [0.1, 0.15) is 37.3 Å². The normalized spacial score (nSPS) is 21.2. The molecule has 0 radical (unpaired) electrons. The third-order valence-corrected chi connectivity index (χ3v) is 8.79. The Morgan fingerprint density at radius 2 is 1.79 bits per heavy atom. The van der Waals surface area contributed by atoms with Crippen LogP contribution >= 0.6 is 0 Å². The maximum absolute atomic E-state index is 12.9. The molecule has 3 atom stereocenters. The lowest BCUT2D eigenvalue weighted by atomic mass is 9.87. The molecule has 2 bridgehead atoms. The van der Waals surface area contributed by atoms with Crippen molar-refractivity contribution in [2.45, 2.75) is 48.6 Å². The fourth-order valence-corrected chi connectivity index (χ4v) is 7.07. The molecular weight excluding hydrogens is 506 g/mol. The molecule has 2 aliphatic rings. The number of nitrogens with zero attached hydrogens (tertiary/aromatic N) is 6. The molecular formula is C26H27N7O4S. The molecule has 6 rings (SSSR count). The van der Waals surface area contributed by atoms with Crippen LogP contribution in [-0.4, -0.2) is 73.8 Å². The van der Waals surface area contributed by atoms with Crippen molar-refractivity contribution in [1.29, 1.82) is 0 Å². The van der Waals surface area contributed by atoms with Crippen LogP contribution in [0, 0.1) is 0 Å². The lowest BCUT2D eigenvalue weighted by Crippen LogP contribution is -2.47. The lowest BCUT2D eigenvalue weighted by Gasteiger charge is -2.39. The van der Waals surface area contributed by atoms with Gasteiger partial charge in [0.1, 0.15) is 17.3 Å². The van der Waals surface area contributed by atoms with E-state index in [0.29, 0.717) is 29.7 Å². The van der Waals surface area contributed by atoms with E-state index in [1.165, 1.54) is 4.52 Å². The smallest absolute Gasteiger partial charge is 0.248 e. The zero-order chi connectivity index (χ0) is 26.6. The molecule has 1 amide bonds. The zero-order valence-corrected chi connectivity index (χ0v) is 21.5. The number of aliphatic hydroxyl groups excluding tert-OH is 1. The molecule has 4 aromatic rings. The highest BCUT2D eigenvalue weighted by Crippen LogP contribution is 2.45. The number of sulfone groups is 1. The fraction of sp³-hybridized carbons (Fsp3) is 0.346. The van der Waals surface area contributed by atoms with Crippen LogP contribution in [0.3, 0.4) is 0 Å². The van der Waals surface area contributed by atoms with Gasteiger partial charge >= 0.3 is 0 Å². The Morgan fingerprint density at radius 3 is 2.39 bits per heavy atom. The average Bonchev–Trinajstić information content (AvgIpc) is 3.46. The number of carbonyl (C=O) groups excluding carboxylic acids is 1. The molecule has 3 N–H and O–H groups in total. The molecule has 2 saturated heterocycles. The highest BCUT2D eigenvalue weighted by atomic mass is 32.2. The van der Waals surface area contributed by atoms with Gasteiger partial charge in [-0.15, -0.1) is 0 Å². The summed E-state index contributed by atoms with van der Waals surface area (Å²) in [5.41, 5.74) is 10.5. The summed E-state index contributed by atoms with van der Waals surface area (Å²) in [7, 11) is -3.73. The number of aliphatic hydroxyl groups is 1. The van der Waals surface area contributed by atoms with Gasteiger partial charge in [0.05, 0.1) is 17.6 Å². The third kappa shape index (κ3) is 4.00. The van der Waals surface area contributed by atoms with Gasteiger partial charge in [-0.05, 0) is 43.9 Å². The number of rotatable bonds is 5. The summed E-state index contributed by atoms with van der Waals surface area (Å²) in [4.78, 5) is 27.6.